The quantitative estimate of drug-likeness (QED) is 0.375. The van der Waals surface area contributed by atoms with Crippen molar-refractivity contribution in [2.24, 2.45) is 0 Å². The molecule has 0 aromatic carbocycles. The monoisotopic (exact) mass is 554 g/mol. The minimum absolute atomic E-state index is 0.0783. The number of urea groups is 1. The van der Waals surface area contributed by atoms with Crippen LogP contribution in [0, 0.1) is 0 Å². The van der Waals surface area contributed by atoms with Gasteiger partial charge in [0.15, 0.2) is 0 Å². The number of amides is 4. The van der Waals surface area contributed by atoms with Crippen molar-refractivity contribution in [1.82, 2.24) is 35.6 Å². The van der Waals surface area contributed by atoms with Gasteiger partial charge in [-0.05, 0) is 37.1 Å². The Morgan fingerprint density at radius 1 is 0.895 bits per heavy atom. The smallest absolute Gasteiger partial charge is 0.320 e. The highest BCUT2D eigenvalue weighted by molar-refractivity contribution is 7.09. The number of rotatable bonds is 4. The van der Waals surface area contributed by atoms with Gasteiger partial charge in [0, 0.05) is 68.5 Å². The number of pyridine rings is 2. The third-order valence-electron chi connectivity index (χ3n) is 6.67. The first-order chi connectivity index (χ1) is 18.5. The van der Waals surface area contributed by atoms with E-state index in [2.05, 4.69) is 30.7 Å². The summed E-state index contributed by atoms with van der Waals surface area (Å²) in [7, 11) is 0. The molecule has 11 nitrogen and oxygen atoms in total. The molecule has 0 aliphatic carbocycles. The third kappa shape index (κ3) is 6.03. The summed E-state index contributed by atoms with van der Waals surface area (Å²) < 4.78 is 0. The maximum absolute atomic E-state index is 13.1. The molecule has 13 heteroatoms. The molecule has 198 valence electrons. The Bertz CT molecular complexity index is 1290. The Labute approximate surface area is 228 Å². The van der Waals surface area contributed by atoms with Crippen LogP contribution in [0.15, 0.2) is 48.1 Å². The van der Waals surface area contributed by atoms with Crippen LogP contribution in [0.4, 0.5) is 10.6 Å². The van der Waals surface area contributed by atoms with Gasteiger partial charge in [0.1, 0.15) is 16.7 Å². The molecule has 3 aromatic heterocycles. The van der Waals surface area contributed by atoms with Crippen LogP contribution in [0.5, 0.6) is 0 Å². The maximum atomic E-state index is 13.1. The molecule has 5 rings (SSSR count). The van der Waals surface area contributed by atoms with Crippen LogP contribution in [0.25, 0.3) is 0 Å². The number of piperazine rings is 1. The van der Waals surface area contributed by atoms with E-state index in [4.69, 9.17) is 11.6 Å². The maximum Gasteiger partial charge on any atom is 0.320 e. The number of hydrogen-bond donors (Lipinski definition) is 2. The SMILES string of the molecule is O=C(NNC(=O)c1csc(C2CCN(C(=O)N3CCN(c4ccccn4)CC3)CC2)n1)c1ccnc(Cl)c1. The van der Waals surface area contributed by atoms with Crippen LogP contribution >= 0.6 is 22.9 Å². The molecule has 2 fully saturated rings. The van der Waals surface area contributed by atoms with E-state index in [1.165, 1.54) is 29.7 Å². The zero-order valence-electron chi connectivity index (χ0n) is 20.5. The Balaban J connectivity index is 1.07. The fraction of sp³-hybridized carbons (Fsp3) is 0.360. The lowest BCUT2D eigenvalue weighted by Gasteiger charge is -2.39. The fourth-order valence-electron chi connectivity index (χ4n) is 4.56. The highest BCUT2D eigenvalue weighted by Crippen LogP contribution is 2.31. The average Bonchev–Trinajstić information content (AvgIpc) is 3.47. The molecule has 2 aliphatic rings. The molecule has 0 spiro atoms. The van der Waals surface area contributed by atoms with Crippen molar-refractivity contribution >= 4 is 46.6 Å². The number of aromatic nitrogens is 3. The van der Waals surface area contributed by atoms with Gasteiger partial charge in [-0.25, -0.2) is 19.7 Å². The number of likely N-dealkylation sites (tertiary alicyclic amines) is 1. The van der Waals surface area contributed by atoms with Crippen molar-refractivity contribution in [3.8, 4) is 0 Å². The van der Waals surface area contributed by atoms with E-state index in [0.29, 0.717) is 26.2 Å². The summed E-state index contributed by atoms with van der Waals surface area (Å²) in [5, 5.41) is 2.72. The van der Waals surface area contributed by atoms with Crippen molar-refractivity contribution < 1.29 is 14.4 Å². The van der Waals surface area contributed by atoms with Gasteiger partial charge in [-0.1, -0.05) is 17.7 Å². The van der Waals surface area contributed by atoms with E-state index < -0.39 is 11.8 Å². The van der Waals surface area contributed by atoms with Crippen LogP contribution < -0.4 is 15.8 Å². The highest BCUT2D eigenvalue weighted by atomic mass is 35.5. The predicted octanol–water partition coefficient (Wildman–Crippen LogP) is 2.78. The first-order valence-electron chi connectivity index (χ1n) is 12.4. The number of carbonyl (C=O) groups excluding carboxylic acids is 3. The van der Waals surface area contributed by atoms with Gasteiger partial charge in [0.2, 0.25) is 0 Å². The molecule has 3 aromatic rings. The second-order valence-electron chi connectivity index (χ2n) is 9.05. The molecule has 38 heavy (non-hydrogen) atoms. The molecule has 0 atom stereocenters. The van der Waals surface area contributed by atoms with Crippen molar-refractivity contribution in [1.29, 1.82) is 0 Å². The molecule has 5 heterocycles. The highest BCUT2D eigenvalue weighted by Gasteiger charge is 2.30. The lowest BCUT2D eigenvalue weighted by atomic mass is 9.98. The number of hydrazine groups is 1. The predicted molar refractivity (Wildman–Crippen MR) is 143 cm³/mol. The summed E-state index contributed by atoms with van der Waals surface area (Å²) in [5.74, 6) is 0.116. The topological polar surface area (TPSA) is 124 Å². The second-order valence-corrected chi connectivity index (χ2v) is 10.3. The number of carbonyl (C=O) groups is 3. The number of anilines is 1. The van der Waals surface area contributed by atoms with Crippen LogP contribution in [-0.4, -0.2) is 81.9 Å². The fourth-order valence-corrected chi connectivity index (χ4v) is 5.70. The standard InChI is InChI=1S/C25H27ClN8O3S/c26-20-15-18(4-8-27-20)22(35)30-31-23(36)19-16-38-24(29-19)17-5-9-33(10-6-17)25(37)34-13-11-32(12-14-34)21-3-1-2-7-28-21/h1-4,7-8,15-17H,5-6,9-14H2,(H,30,35)(H,31,36). The van der Waals surface area contributed by atoms with Gasteiger partial charge in [0.25, 0.3) is 11.8 Å². The first-order valence-corrected chi connectivity index (χ1v) is 13.6. The number of piperidine rings is 1. The summed E-state index contributed by atoms with van der Waals surface area (Å²) in [6.07, 6.45) is 4.77. The number of nitrogens with one attached hydrogen (secondary N) is 2. The van der Waals surface area contributed by atoms with Crippen LogP contribution in [0.2, 0.25) is 5.15 Å². The number of thiazole rings is 1. The lowest BCUT2D eigenvalue weighted by Crippen LogP contribution is -2.54. The third-order valence-corrected chi connectivity index (χ3v) is 7.89. The van der Waals surface area contributed by atoms with Crippen LogP contribution in [0.1, 0.15) is 44.6 Å². The minimum Gasteiger partial charge on any atom is -0.353 e. The summed E-state index contributed by atoms with van der Waals surface area (Å²) in [4.78, 5) is 56.5. The van der Waals surface area contributed by atoms with E-state index >= 15 is 0 Å². The number of halogens is 1. The molecule has 0 saturated carbocycles. The molecule has 2 aliphatic heterocycles. The zero-order valence-corrected chi connectivity index (χ0v) is 22.1. The molecular formula is C25H27ClN8O3S. The Morgan fingerprint density at radius 2 is 1.63 bits per heavy atom. The van der Waals surface area contributed by atoms with E-state index in [1.807, 2.05) is 28.0 Å². The number of hydrogen-bond acceptors (Lipinski definition) is 8. The molecule has 0 bridgehead atoms. The largest absolute Gasteiger partial charge is 0.353 e. The zero-order chi connectivity index (χ0) is 26.5. The summed E-state index contributed by atoms with van der Waals surface area (Å²) in [6.45, 7) is 4.17. The van der Waals surface area contributed by atoms with Crippen molar-refractivity contribution in [2.45, 2.75) is 18.8 Å². The van der Waals surface area contributed by atoms with Gasteiger partial charge < -0.3 is 14.7 Å². The summed E-state index contributed by atoms with van der Waals surface area (Å²) >= 11 is 7.22. The lowest BCUT2D eigenvalue weighted by molar-refractivity contribution is 0.0844. The first kappa shape index (κ1) is 25.9. The molecule has 2 saturated heterocycles. The summed E-state index contributed by atoms with van der Waals surface area (Å²) in [6, 6.07) is 8.84. The Morgan fingerprint density at radius 3 is 2.34 bits per heavy atom. The average molecular weight is 555 g/mol. The Kier molecular flexibility index (Phi) is 7.99. The van der Waals surface area contributed by atoms with Crippen molar-refractivity contribution in [3.05, 3.63) is 69.5 Å². The second kappa shape index (κ2) is 11.7. The normalized spacial score (nSPS) is 16.3. The Hall–Kier alpha value is -3.77. The molecule has 0 radical (unpaired) electrons. The van der Waals surface area contributed by atoms with Gasteiger partial charge in [0.05, 0.1) is 5.01 Å². The molecule has 4 amide bonds. The van der Waals surface area contributed by atoms with Crippen LogP contribution in [-0.2, 0) is 0 Å². The van der Waals surface area contributed by atoms with Gasteiger partial charge in [-0.2, -0.15) is 0 Å². The van der Waals surface area contributed by atoms with E-state index in [0.717, 1.165) is 36.8 Å². The van der Waals surface area contributed by atoms with Gasteiger partial charge in [-0.15, -0.1) is 11.3 Å². The van der Waals surface area contributed by atoms with Crippen molar-refractivity contribution in [2.75, 3.05) is 44.2 Å². The minimum atomic E-state index is -0.506. The van der Waals surface area contributed by atoms with Gasteiger partial charge >= 0.3 is 6.03 Å². The van der Waals surface area contributed by atoms with E-state index in [1.54, 1.807) is 11.6 Å². The van der Waals surface area contributed by atoms with Crippen LogP contribution in [0.3, 0.4) is 0 Å². The number of nitrogens with zero attached hydrogens (tertiary/aromatic N) is 6. The van der Waals surface area contributed by atoms with Crippen molar-refractivity contribution in [3.63, 3.8) is 0 Å². The molecule has 0 unspecified atom stereocenters. The molecular weight excluding hydrogens is 528 g/mol. The molecule has 2 N–H and O–H groups in total. The summed E-state index contributed by atoms with van der Waals surface area (Å²) in [5.41, 5.74) is 5.26. The van der Waals surface area contributed by atoms with Gasteiger partial charge in [-0.3, -0.25) is 20.4 Å². The van der Waals surface area contributed by atoms with E-state index in [9.17, 15) is 14.4 Å². The van der Waals surface area contributed by atoms with E-state index in [-0.39, 0.29) is 28.4 Å².